The monoisotopic (exact) mass is 433 g/mol. The fraction of sp³-hybridized carbons (Fsp3) is 0.579. The van der Waals surface area contributed by atoms with E-state index in [0.717, 1.165) is 6.07 Å². The van der Waals surface area contributed by atoms with Crippen molar-refractivity contribution < 1.29 is 26.3 Å². The maximum absolute atomic E-state index is 13.2. The van der Waals surface area contributed by atoms with Crippen LogP contribution in [0.3, 0.4) is 0 Å². The van der Waals surface area contributed by atoms with Crippen LogP contribution in [0.2, 0.25) is 0 Å². The Labute approximate surface area is 168 Å². The number of nitrogens with zero attached hydrogens (tertiary/aromatic N) is 4. The minimum absolute atomic E-state index is 0.00446. The molecule has 5 nitrogen and oxygen atoms in total. The van der Waals surface area contributed by atoms with Gasteiger partial charge in [0.05, 0.1) is 17.8 Å². The van der Waals surface area contributed by atoms with Crippen LogP contribution in [0.5, 0.6) is 0 Å². The average Bonchev–Trinajstić information content (AvgIpc) is 2.95. The second-order valence-corrected chi connectivity index (χ2v) is 8.33. The smallest absolute Gasteiger partial charge is 0.383 e. The number of piperidine rings is 1. The first kappa shape index (κ1) is 21.0. The number of imidazole rings is 1. The van der Waals surface area contributed by atoms with Gasteiger partial charge in [-0.2, -0.15) is 26.3 Å². The largest absolute Gasteiger partial charge is 0.419 e. The fourth-order valence-corrected chi connectivity index (χ4v) is 4.43. The van der Waals surface area contributed by atoms with Crippen LogP contribution in [-0.4, -0.2) is 45.2 Å². The first-order valence-electron chi connectivity index (χ1n) is 9.56. The average molecular weight is 433 g/mol. The molecule has 0 radical (unpaired) electrons. The standard InChI is InChI=1S/C19H21F6N5/c1-9(2)17-28-14(10-3-13(19(23,24)25)16(26)27-4-10)7-30(17)15-11-5-29(6-12(11)15)8-18(20,21)22/h3-4,7,9,11-12,15H,5-6,8H2,1-2H3,(H2,26,27)/t11-,12+,15?. The Balaban J connectivity index is 1.60. The maximum atomic E-state index is 13.2. The van der Waals surface area contributed by atoms with Crippen molar-refractivity contribution in [3.8, 4) is 11.3 Å². The number of nitrogen functional groups attached to an aromatic ring is 1. The van der Waals surface area contributed by atoms with Crippen molar-refractivity contribution in [2.75, 3.05) is 25.4 Å². The number of fused-ring (bicyclic) bond motifs is 1. The van der Waals surface area contributed by atoms with E-state index in [2.05, 4.69) is 9.97 Å². The Morgan fingerprint density at radius 2 is 1.77 bits per heavy atom. The van der Waals surface area contributed by atoms with Gasteiger partial charge in [-0.25, -0.2) is 9.97 Å². The molecule has 1 aliphatic heterocycles. The van der Waals surface area contributed by atoms with Crippen LogP contribution in [0.15, 0.2) is 18.5 Å². The number of likely N-dealkylation sites (tertiary alicyclic amines) is 1. The van der Waals surface area contributed by atoms with Gasteiger partial charge < -0.3 is 10.3 Å². The number of nitrogens with two attached hydrogens (primary N) is 1. The molecular formula is C19H21F6N5. The van der Waals surface area contributed by atoms with E-state index >= 15 is 0 Å². The lowest BCUT2D eigenvalue weighted by Crippen LogP contribution is -2.34. The number of hydrogen-bond donors (Lipinski definition) is 1. The molecule has 2 aromatic heterocycles. The molecule has 164 valence electrons. The molecule has 2 aliphatic rings. The zero-order valence-electron chi connectivity index (χ0n) is 16.3. The van der Waals surface area contributed by atoms with Gasteiger partial charge >= 0.3 is 12.4 Å². The molecule has 1 aliphatic carbocycles. The van der Waals surface area contributed by atoms with Gasteiger partial charge in [0, 0.05) is 43.0 Å². The van der Waals surface area contributed by atoms with Crippen LogP contribution >= 0.6 is 0 Å². The minimum atomic E-state index is -4.63. The number of hydrogen-bond acceptors (Lipinski definition) is 4. The highest BCUT2D eigenvalue weighted by Gasteiger charge is 2.58. The van der Waals surface area contributed by atoms with E-state index in [1.807, 2.05) is 18.4 Å². The molecule has 0 amide bonds. The number of pyridine rings is 1. The molecule has 0 aromatic carbocycles. The summed E-state index contributed by atoms with van der Waals surface area (Å²) in [5, 5.41) is 0. The molecule has 4 rings (SSSR count). The Bertz CT molecular complexity index is 936. The number of alkyl halides is 6. The van der Waals surface area contributed by atoms with Crippen molar-refractivity contribution in [1.29, 1.82) is 0 Å². The van der Waals surface area contributed by atoms with E-state index in [1.54, 1.807) is 6.20 Å². The quantitative estimate of drug-likeness (QED) is 0.729. The molecule has 0 spiro atoms. The van der Waals surface area contributed by atoms with E-state index in [0.29, 0.717) is 24.6 Å². The van der Waals surface area contributed by atoms with Gasteiger partial charge in [0.2, 0.25) is 0 Å². The van der Waals surface area contributed by atoms with Crippen LogP contribution < -0.4 is 5.73 Å². The minimum Gasteiger partial charge on any atom is -0.383 e. The van der Waals surface area contributed by atoms with Gasteiger partial charge in [-0.3, -0.25) is 4.90 Å². The van der Waals surface area contributed by atoms with Gasteiger partial charge in [0.25, 0.3) is 0 Å². The van der Waals surface area contributed by atoms with Crippen LogP contribution in [0, 0.1) is 11.8 Å². The summed E-state index contributed by atoms with van der Waals surface area (Å²) < 4.78 is 79.3. The molecule has 1 saturated heterocycles. The predicted octanol–water partition coefficient (Wildman–Crippen LogP) is 4.33. The summed E-state index contributed by atoms with van der Waals surface area (Å²) in [5.74, 6) is 0.257. The second-order valence-electron chi connectivity index (χ2n) is 8.33. The Morgan fingerprint density at radius 1 is 1.13 bits per heavy atom. The second kappa shape index (κ2) is 6.86. The van der Waals surface area contributed by atoms with Crippen molar-refractivity contribution in [3.63, 3.8) is 0 Å². The van der Waals surface area contributed by atoms with Crippen molar-refractivity contribution in [3.05, 3.63) is 29.8 Å². The van der Waals surface area contributed by atoms with Crippen LogP contribution in [0.4, 0.5) is 32.2 Å². The third kappa shape index (κ3) is 3.86. The molecule has 1 saturated carbocycles. The Kier molecular flexibility index (Phi) is 4.79. The summed E-state index contributed by atoms with van der Waals surface area (Å²) in [7, 11) is 0. The third-order valence-corrected chi connectivity index (χ3v) is 5.75. The predicted molar refractivity (Wildman–Crippen MR) is 97.5 cm³/mol. The van der Waals surface area contributed by atoms with Gasteiger partial charge in [0.1, 0.15) is 11.6 Å². The summed E-state index contributed by atoms with van der Waals surface area (Å²) >= 11 is 0. The normalized spacial score (nSPS) is 24.5. The number of halogens is 6. The lowest BCUT2D eigenvalue weighted by atomic mass is 10.1. The number of anilines is 1. The van der Waals surface area contributed by atoms with Crippen molar-refractivity contribution >= 4 is 5.82 Å². The molecule has 2 N–H and O–H groups in total. The highest BCUT2D eigenvalue weighted by atomic mass is 19.4. The zero-order chi connectivity index (χ0) is 22.0. The van der Waals surface area contributed by atoms with Crippen molar-refractivity contribution in [1.82, 2.24) is 19.4 Å². The number of rotatable bonds is 4. The topological polar surface area (TPSA) is 60.0 Å². The lowest BCUT2D eigenvalue weighted by molar-refractivity contribution is -0.144. The lowest BCUT2D eigenvalue weighted by Gasteiger charge is -2.22. The first-order valence-corrected chi connectivity index (χ1v) is 9.56. The van der Waals surface area contributed by atoms with Crippen LogP contribution in [0.1, 0.15) is 37.2 Å². The molecule has 11 heteroatoms. The van der Waals surface area contributed by atoms with E-state index in [-0.39, 0.29) is 29.4 Å². The summed E-state index contributed by atoms with van der Waals surface area (Å²) in [5.41, 5.74) is 4.89. The van der Waals surface area contributed by atoms with E-state index in [9.17, 15) is 26.3 Å². The van der Waals surface area contributed by atoms with E-state index in [4.69, 9.17) is 5.73 Å². The van der Waals surface area contributed by atoms with E-state index < -0.39 is 30.3 Å². The molecule has 2 aromatic rings. The van der Waals surface area contributed by atoms with E-state index in [1.165, 1.54) is 11.1 Å². The molecule has 2 fully saturated rings. The first-order chi connectivity index (χ1) is 13.8. The summed E-state index contributed by atoms with van der Waals surface area (Å²) in [6.45, 7) is 3.61. The molecule has 1 unspecified atom stereocenters. The molecule has 30 heavy (non-hydrogen) atoms. The summed E-state index contributed by atoms with van der Waals surface area (Å²) in [6, 6.07) is 0.940. The van der Waals surface area contributed by atoms with Gasteiger partial charge in [-0.15, -0.1) is 0 Å². The van der Waals surface area contributed by atoms with Gasteiger partial charge in [-0.05, 0) is 17.9 Å². The fourth-order valence-electron chi connectivity index (χ4n) is 4.43. The van der Waals surface area contributed by atoms with Crippen molar-refractivity contribution in [2.45, 2.75) is 38.2 Å². The Morgan fingerprint density at radius 3 is 2.30 bits per heavy atom. The Hall–Kier alpha value is -2.30. The maximum Gasteiger partial charge on any atom is 0.419 e. The summed E-state index contributed by atoms with van der Waals surface area (Å²) in [4.78, 5) is 9.58. The highest BCUT2D eigenvalue weighted by molar-refractivity contribution is 5.62. The van der Waals surface area contributed by atoms with Crippen LogP contribution in [-0.2, 0) is 6.18 Å². The molecule has 3 heterocycles. The molecule has 3 atom stereocenters. The number of aromatic nitrogens is 3. The summed E-state index contributed by atoms with van der Waals surface area (Å²) in [6.07, 6.45) is -5.93. The molecular weight excluding hydrogens is 412 g/mol. The third-order valence-electron chi connectivity index (χ3n) is 5.75. The zero-order valence-corrected chi connectivity index (χ0v) is 16.3. The SMILES string of the molecule is CC(C)c1nc(-c2cnc(N)c(C(F)(F)F)c2)cn1C1[C@H]2CN(CC(F)(F)F)C[C@@H]12. The van der Waals surface area contributed by atoms with Crippen LogP contribution in [0.25, 0.3) is 11.3 Å². The van der Waals surface area contributed by atoms with Gasteiger partial charge in [0.15, 0.2) is 0 Å². The van der Waals surface area contributed by atoms with Crippen molar-refractivity contribution in [2.24, 2.45) is 11.8 Å². The molecule has 0 bridgehead atoms. The van der Waals surface area contributed by atoms with Gasteiger partial charge in [-0.1, -0.05) is 13.8 Å². The highest BCUT2D eigenvalue weighted by Crippen LogP contribution is 2.56.